The molecule has 1 aromatic carbocycles. The minimum Gasteiger partial charge on any atom is -0.506 e. The van der Waals surface area contributed by atoms with Crippen molar-refractivity contribution in [1.82, 2.24) is 19.4 Å². The van der Waals surface area contributed by atoms with Gasteiger partial charge < -0.3 is 24.7 Å². The molecule has 8 heteroatoms. The van der Waals surface area contributed by atoms with Gasteiger partial charge >= 0.3 is 5.97 Å². The highest BCUT2D eigenvalue weighted by molar-refractivity contribution is 5.92. The summed E-state index contributed by atoms with van der Waals surface area (Å²) in [5.74, 6) is -1.90. The van der Waals surface area contributed by atoms with Crippen molar-refractivity contribution in [2.45, 2.75) is 38.8 Å². The van der Waals surface area contributed by atoms with Crippen LogP contribution in [-0.2, 0) is 20.0 Å². The second kappa shape index (κ2) is 9.03. The summed E-state index contributed by atoms with van der Waals surface area (Å²) in [7, 11) is 6.30. The molecule has 0 amide bonds. The number of rotatable bonds is 7. The number of hydrogen-bond acceptors (Lipinski definition) is 5. The quantitative estimate of drug-likeness (QED) is 0.509. The lowest BCUT2D eigenvalue weighted by atomic mass is 9.99. The number of carboxylic acids is 1. The maximum Gasteiger partial charge on any atom is 0.345 e. The molecule has 0 radical (unpaired) electrons. The van der Waals surface area contributed by atoms with E-state index in [-0.39, 0.29) is 0 Å². The van der Waals surface area contributed by atoms with Gasteiger partial charge in [-0.2, -0.15) is 0 Å². The number of aromatic carboxylic acids is 1. The van der Waals surface area contributed by atoms with Crippen LogP contribution in [0.25, 0.3) is 22.2 Å². The molecule has 176 valence electrons. The van der Waals surface area contributed by atoms with Crippen molar-refractivity contribution in [2.24, 2.45) is 7.05 Å². The van der Waals surface area contributed by atoms with Crippen molar-refractivity contribution >= 4 is 16.9 Å². The molecular formula is C25H32N4O4. The standard InChI is InChI=1S/C25H32N4O4/c1-5-19-22(26-24(31)21(23(19)30)25(32)33)15-8-9-20-16(11-15)12-18(28(20)4)14-29-10-6-7-17(29)13-27(2)3/h8-9,11-12,17H,5-7,10,13-14H2,1-4H3,(H,32,33)(H2,26,30,31). The van der Waals surface area contributed by atoms with E-state index in [1.807, 2.05) is 25.1 Å². The fourth-order valence-corrected chi connectivity index (χ4v) is 5.07. The number of likely N-dealkylation sites (tertiary alicyclic amines) is 1. The van der Waals surface area contributed by atoms with E-state index in [1.54, 1.807) is 0 Å². The molecule has 0 spiro atoms. The largest absolute Gasteiger partial charge is 0.506 e. The molecule has 3 N–H and O–H groups in total. The van der Waals surface area contributed by atoms with Crippen LogP contribution in [0.2, 0.25) is 0 Å². The second-order valence-electron chi connectivity index (χ2n) is 9.19. The molecule has 1 saturated heterocycles. The van der Waals surface area contributed by atoms with Crippen LogP contribution in [0.15, 0.2) is 29.1 Å². The van der Waals surface area contributed by atoms with E-state index in [9.17, 15) is 19.8 Å². The van der Waals surface area contributed by atoms with Crippen LogP contribution in [0.3, 0.4) is 0 Å². The zero-order chi connectivity index (χ0) is 23.9. The zero-order valence-corrected chi connectivity index (χ0v) is 19.7. The number of hydrogen-bond donors (Lipinski definition) is 3. The van der Waals surface area contributed by atoms with E-state index in [0.29, 0.717) is 23.7 Å². The van der Waals surface area contributed by atoms with Crippen molar-refractivity contribution in [1.29, 1.82) is 0 Å². The maximum atomic E-state index is 12.4. The number of fused-ring (bicyclic) bond motifs is 1. The first-order chi connectivity index (χ1) is 15.7. The highest BCUT2D eigenvalue weighted by atomic mass is 16.4. The molecule has 1 fully saturated rings. The Bertz CT molecular complexity index is 1260. The Morgan fingerprint density at radius 2 is 2.03 bits per heavy atom. The van der Waals surface area contributed by atoms with Gasteiger partial charge in [0.25, 0.3) is 5.56 Å². The SMILES string of the molecule is CCc1c(-c2ccc3c(c2)cc(CN2CCCC2CN(C)C)n3C)[nH]c(=O)c(C(=O)O)c1O. The van der Waals surface area contributed by atoms with Crippen molar-refractivity contribution in [2.75, 3.05) is 27.2 Å². The Hall–Kier alpha value is -3.10. The molecule has 1 unspecified atom stereocenters. The van der Waals surface area contributed by atoms with E-state index >= 15 is 0 Å². The Balaban J connectivity index is 1.72. The Kier molecular flexibility index (Phi) is 6.32. The first-order valence-electron chi connectivity index (χ1n) is 11.4. The zero-order valence-electron chi connectivity index (χ0n) is 19.7. The van der Waals surface area contributed by atoms with Crippen LogP contribution in [0.5, 0.6) is 5.75 Å². The van der Waals surface area contributed by atoms with Gasteiger partial charge in [-0.25, -0.2) is 4.79 Å². The molecule has 4 rings (SSSR count). The summed E-state index contributed by atoms with van der Waals surface area (Å²) >= 11 is 0. The van der Waals surface area contributed by atoms with Gasteiger partial charge in [-0.15, -0.1) is 0 Å². The molecule has 1 atom stereocenters. The number of pyridine rings is 1. The molecular weight excluding hydrogens is 420 g/mol. The number of H-pyrrole nitrogens is 1. The predicted octanol–water partition coefficient (Wildman–Crippen LogP) is 3.03. The van der Waals surface area contributed by atoms with Crippen molar-refractivity contribution in [3.8, 4) is 17.0 Å². The number of aromatic amines is 1. The summed E-state index contributed by atoms with van der Waals surface area (Å²) in [6, 6.07) is 8.64. The summed E-state index contributed by atoms with van der Waals surface area (Å²) in [5, 5.41) is 20.8. The lowest BCUT2D eigenvalue weighted by Gasteiger charge is -2.27. The van der Waals surface area contributed by atoms with Gasteiger partial charge in [0.15, 0.2) is 5.56 Å². The average molecular weight is 453 g/mol. The van der Waals surface area contributed by atoms with E-state index < -0.39 is 22.8 Å². The van der Waals surface area contributed by atoms with Gasteiger partial charge in [-0.05, 0) is 63.7 Å². The summed E-state index contributed by atoms with van der Waals surface area (Å²) in [6.07, 6.45) is 2.82. The molecule has 0 bridgehead atoms. The normalized spacial score (nSPS) is 16.8. The molecule has 33 heavy (non-hydrogen) atoms. The number of aryl methyl sites for hydroxylation is 1. The minimum atomic E-state index is -1.44. The minimum absolute atomic E-state index is 0.387. The molecule has 1 aliphatic heterocycles. The lowest BCUT2D eigenvalue weighted by Crippen LogP contribution is -2.37. The molecule has 1 aliphatic rings. The number of benzene rings is 1. The highest BCUT2D eigenvalue weighted by Crippen LogP contribution is 2.33. The van der Waals surface area contributed by atoms with Gasteiger partial charge in [0.05, 0.1) is 5.69 Å². The van der Waals surface area contributed by atoms with Gasteiger partial charge in [0.2, 0.25) is 0 Å². The van der Waals surface area contributed by atoms with E-state index in [2.05, 4.69) is 46.6 Å². The number of aromatic hydroxyl groups is 1. The third-order valence-electron chi connectivity index (χ3n) is 6.73. The highest BCUT2D eigenvalue weighted by Gasteiger charge is 2.26. The fraction of sp³-hybridized carbons (Fsp3) is 0.440. The monoisotopic (exact) mass is 452 g/mol. The van der Waals surface area contributed by atoms with Crippen LogP contribution in [0, 0.1) is 0 Å². The summed E-state index contributed by atoms with van der Waals surface area (Å²) in [5.41, 5.74) is 2.52. The van der Waals surface area contributed by atoms with Crippen LogP contribution in [0.1, 0.15) is 41.4 Å². The van der Waals surface area contributed by atoms with Crippen LogP contribution < -0.4 is 5.56 Å². The Labute approximate surface area is 193 Å². The lowest BCUT2D eigenvalue weighted by molar-refractivity contribution is 0.0691. The van der Waals surface area contributed by atoms with Crippen LogP contribution in [-0.4, -0.2) is 68.8 Å². The average Bonchev–Trinajstić information content (AvgIpc) is 3.30. The topological polar surface area (TPSA) is 102 Å². The summed E-state index contributed by atoms with van der Waals surface area (Å²) in [4.78, 5) is 31.2. The van der Waals surface area contributed by atoms with Crippen molar-refractivity contribution in [3.63, 3.8) is 0 Å². The van der Waals surface area contributed by atoms with Gasteiger partial charge in [-0.3, -0.25) is 9.69 Å². The van der Waals surface area contributed by atoms with Crippen LogP contribution >= 0.6 is 0 Å². The van der Waals surface area contributed by atoms with Crippen LogP contribution in [0.4, 0.5) is 0 Å². The first kappa shape index (κ1) is 23.1. The van der Waals surface area contributed by atoms with Gasteiger partial charge in [0.1, 0.15) is 5.75 Å². The van der Waals surface area contributed by atoms with E-state index in [1.165, 1.54) is 18.5 Å². The molecule has 2 aromatic heterocycles. The van der Waals surface area contributed by atoms with Crippen molar-refractivity contribution in [3.05, 3.63) is 51.4 Å². The van der Waals surface area contributed by atoms with E-state index in [4.69, 9.17) is 0 Å². The number of carbonyl (C=O) groups is 1. The smallest absolute Gasteiger partial charge is 0.345 e. The molecule has 0 saturated carbocycles. The number of nitrogens with zero attached hydrogens (tertiary/aromatic N) is 3. The van der Waals surface area contributed by atoms with Gasteiger partial charge in [-0.1, -0.05) is 13.0 Å². The van der Waals surface area contributed by atoms with Crippen molar-refractivity contribution < 1.29 is 15.0 Å². The maximum absolute atomic E-state index is 12.4. The molecule has 3 heterocycles. The van der Waals surface area contributed by atoms with Gasteiger partial charge in [0, 0.05) is 48.3 Å². The number of aromatic nitrogens is 2. The molecule has 3 aromatic rings. The third-order valence-corrected chi connectivity index (χ3v) is 6.73. The summed E-state index contributed by atoms with van der Waals surface area (Å²) < 4.78 is 2.21. The predicted molar refractivity (Wildman–Crippen MR) is 129 cm³/mol. The third kappa shape index (κ3) is 4.28. The Morgan fingerprint density at radius 3 is 2.70 bits per heavy atom. The Morgan fingerprint density at radius 1 is 1.27 bits per heavy atom. The molecule has 8 nitrogen and oxygen atoms in total. The number of nitrogens with one attached hydrogen (secondary N) is 1. The fourth-order valence-electron chi connectivity index (χ4n) is 5.07. The second-order valence-corrected chi connectivity index (χ2v) is 9.19. The van der Waals surface area contributed by atoms with E-state index in [0.717, 1.165) is 36.1 Å². The first-order valence-corrected chi connectivity index (χ1v) is 11.4. The number of carboxylic acid groups (broad SMARTS) is 1. The molecule has 0 aliphatic carbocycles. The number of likely N-dealkylation sites (N-methyl/N-ethyl adjacent to an activating group) is 1. The summed E-state index contributed by atoms with van der Waals surface area (Å²) in [6.45, 7) is 4.85.